The van der Waals surface area contributed by atoms with Crippen molar-refractivity contribution in [1.29, 1.82) is 0 Å². The van der Waals surface area contributed by atoms with Crippen molar-refractivity contribution in [2.45, 2.75) is 12.8 Å². The minimum atomic E-state index is -0.00991. The zero-order valence-corrected chi connectivity index (χ0v) is 7.14. The average molecular weight is 234 g/mol. The molecule has 0 spiro atoms. The van der Waals surface area contributed by atoms with E-state index >= 15 is 0 Å². The van der Waals surface area contributed by atoms with Crippen molar-refractivity contribution in [2.75, 3.05) is 0 Å². The summed E-state index contributed by atoms with van der Waals surface area (Å²) in [6.07, 6.45) is 2.94. The van der Waals surface area contributed by atoms with Gasteiger partial charge in [-0.05, 0) is 16.3 Å². The van der Waals surface area contributed by atoms with Crippen LogP contribution in [0.2, 0.25) is 0 Å². The van der Waals surface area contributed by atoms with E-state index in [2.05, 4.69) is 16.4 Å². The van der Waals surface area contributed by atoms with Crippen molar-refractivity contribution >= 4 is 28.4 Å². The van der Waals surface area contributed by atoms with Crippen molar-refractivity contribution in [3.8, 4) is 9.85 Å². The summed E-state index contributed by atoms with van der Waals surface area (Å²) in [6, 6.07) is 0. The van der Waals surface area contributed by atoms with Crippen LogP contribution in [0.3, 0.4) is 0 Å². The Bertz CT molecular complexity index is 161. The van der Waals surface area contributed by atoms with Gasteiger partial charge in [-0.15, -0.1) is 6.58 Å². The molecule has 0 fully saturated rings. The molecule has 0 heterocycles. The summed E-state index contributed by atoms with van der Waals surface area (Å²) in [7, 11) is 0. The normalized spacial score (nSPS) is 7.22. The Morgan fingerprint density at radius 2 is 2.44 bits per heavy atom. The van der Waals surface area contributed by atoms with Gasteiger partial charge in [-0.2, -0.15) is 0 Å². The van der Waals surface area contributed by atoms with Crippen LogP contribution in [0.15, 0.2) is 12.7 Å². The van der Waals surface area contributed by atoms with Gasteiger partial charge in [0.2, 0.25) is 5.78 Å². The summed E-state index contributed by atoms with van der Waals surface area (Å²) < 4.78 is 2.51. The third-order valence-corrected chi connectivity index (χ3v) is 1.03. The molecule has 0 aliphatic rings. The third-order valence-electron chi connectivity index (χ3n) is 0.762. The Kier molecular flexibility index (Phi) is 5.64. The first kappa shape index (κ1) is 8.70. The van der Waals surface area contributed by atoms with Gasteiger partial charge in [-0.1, -0.05) is 6.08 Å². The maximum absolute atomic E-state index is 10.6. The van der Waals surface area contributed by atoms with Crippen LogP contribution in [0.5, 0.6) is 0 Å². The average Bonchev–Trinajstić information content (AvgIpc) is 1.85. The summed E-state index contributed by atoms with van der Waals surface area (Å²) in [5.41, 5.74) is 0. The summed E-state index contributed by atoms with van der Waals surface area (Å²) in [5, 5.41) is 0. The van der Waals surface area contributed by atoms with Crippen LogP contribution < -0.4 is 0 Å². The minimum absolute atomic E-state index is 0.00991. The fourth-order valence-electron chi connectivity index (χ4n) is 0.348. The molecule has 0 atom stereocenters. The lowest BCUT2D eigenvalue weighted by Gasteiger charge is -1.82. The van der Waals surface area contributed by atoms with Gasteiger partial charge in [0, 0.05) is 29.0 Å². The predicted molar refractivity (Wildman–Crippen MR) is 46.2 cm³/mol. The van der Waals surface area contributed by atoms with Crippen molar-refractivity contribution in [1.82, 2.24) is 0 Å². The Hall–Kier alpha value is -0.300. The summed E-state index contributed by atoms with van der Waals surface area (Å²) >= 11 is 1.85. The highest BCUT2D eigenvalue weighted by Gasteiger charge is 1.91. The van der Waals surface area contributed by atoms with E-state index in [9.17, 15) is 4.79 Å². The molecule has 0 aromatic heterocycles. The van der Waals surface area contributed by atoms with E-state index in [1.54, 1.807) is 6.08 Å². The van der Waals surface area contributed by atoms with Crippen LogP contribution in [0.1, 0.15) is 12.8 Å². The van der Waals surface area contributed by atoms with Crippen molar-refractivity contribution < 1.29 is 4.79 Å². The standard InChI is InChI=1S/C7H7IO/c1-2-3-4-7(9)5-6-8/h2H,1,3-4H2. The van der Waals surface area contributed by atoms with Gasteiger partial charge in [0.05, 0.1) is 0 Å². The fraction of sp³-hybridized carbons (Fsp3) is 0.286. The molecule has 0 amide bonds. The van der Waals surface area contributed by atoms with Crippen LogP contribution in [-0.2, 0) is 4.79 Å². The van der Waals surface area contributed by atoms with Gasteiger partial charge < -0.3 is 0 Å². The lowest BCUT2D eigenvalue weighted by Crippen LogP contribution is -1.89. The number of allylic oxidation sites excluding steroid dienone is 1. The molecule has 1 nitrogen and oxygen atoms in total. The van der Waals surface area contributed by atoms with Gasteiger partial charge in [-0.3, -0.25) is 4.79 Å². The number of halogens is 1. The highest BCUT2D eigenvalue weighted by atomic mass is 127. The Balaban J connectivity index is 3.47. The van der Waals surface area contributed by atoms with Crippen LogP contribution in [0.25, 0.3) is 0 Å². The lowest BCUT2D eigenvalue weighted by atomic mass is 10.2. The highest BCUT2D eigenvalue weighted by molar-refractivity contribution is 14.1. The molecule has 0 saturated carbocycles. The van der Waals surface area contributed by atoms with Gasteiger partial charge in [0.15, 0.2) is 0 Å². The lowest BCUT2D eigenvalue weighted by molar-refractivity contribution is -0.113. The first-order valence-electron chi connectivity index (χ1n) is 2.56. The molecular formula is C7H7IO. The Morgan fingerprint density at radius 1 is 1.78 bits per heavy atom. The van der Waals surface area contributed by atoms with E-state index in [1.165, 1.54) is 0 Å². The van der Waals surface area contributed by atoms with E-state index in [1.807, 2.05) is 22.6 Å². The quantitative estimate of drug-likeness (QED) is 0.414. The zero-order chi connectivity index (χ0) is 7.11. The van der Waals surface area contributed by atoms with E-state index in [0.29, 0.717) is 6.42 Å². The molecule has 0 aliphatic heterocycles. The predicted octanol–water partition coefficient (Wildman–Crippen LogP) is 1.92. The minimum Gasteiger partial charge on any atom is -0.285 e. The molecule has 0 N–H and O–H groups in total. The number of Topliss-reactive ketones (excluding diaryl/α,β-unsaturated/α-hetero) is 1. The van der Waals surface area contributed by atoms with Crippen LogP contribution in [0, 0.1) is 9.85 Å². The second-order valence-electron chi connectivity index (χ2n) is 1.47. The Morgan fingerprint density at radius 3 is 2.89 bits per heavy atom. The molecule has 0 radical (unpaired) electrons. The fourth-order valence-corrected chi connectivity index (χ4v) is 0.649. The molecule has 0 aromatic carbocycles. The molecule has 48 valence electrons. The van der Waals surface area contributed by atoms with E-state index < -0.39 is 0 Å². The summed E-state index contributed by atoms with van der Waals surface area (Å²) in [4.78, 5) is 10.6. The Labute approximate surface area is 68.7 Å². The molecule has 9 heavy (non-hydrogen) atoms. The van der Waals surface area contributed by atoms with Crippen molar-refractivity contribution in [3.05, 3.63) is 12.7 Å². The largest absolute Gasteiger partial charge is 0.285 e. The van der Waals surface area contributed by atoms with Crippen LogP contribution in [-0.4, -0.2) is 5.78 Å². The molecule has 0 aliphatic carbocycles. The monoisotopic (exact) mass is 234 g/mol. The smallest absolute Gasteiger partial charge is 0.206 e. The van der Waals surface area contributed by atoms with Crippen LogP contribution in [0.4, 0.5) is 0 Å². The zero-order valence-electron chi connectivity index (χ0n) is 4.98. The summed E-state index contributed by atoms with van der Waals surface area (Å²) in [5.74, 6) is 2.42. The highest BCUT2D eigenvalue weighted by Crippen LogP contribution is 1.89. The molecular weight excluding hydrogens is 227 g/mol. The van der Waals surface area contributed by atoms with Gasteiger partial charge in [0.1, 0.15) is 0 Å². The van der Waals surface area contributed by atoms with Crippen molar-refractivity contribution in [3.63, 3.8) is 0 Å². The first-order valence-corrected chi connectivity index (χ1v) is 3.64. The van der Waals surface area contributed by atoms with Gasteiger partial charge in [-0.25, -0.2) is 0 Å². The maximum Gasteiger partial charge on any atom is 0.206 e. The molecule has 0 saturated heterocycles. The van der Waals surface area contributed by atoms with Gasteiger partial charge >= 0.3 is 0 Å². The van der Waals surface area contributed by atoms with Crippen molar-refractivity contribution in [2.24, 2.45) is 0 Å². The third kappa shape index (κ3) is 5.57. The SMILES string of the molecule is C=CCCC(=O)C#CI. The van der Waals surface area contributed by atoms with E-state index in [-0.39, 0.29) is 5.78 Å². The second kappa shape index (κ2) is 5.83. The number of hydrogen-bond acceptors (Lipinski definition) is 1. The topological polar surface area (TPSA) is 17.1 Å². The molecule has 0 rings (SSSR count). The molecule has 2 heteroatoms. The first-order chi connectivity index (χ1) is 4.31. The number of carbonyl (C=O) groups is 1. The van der Waals surface area contributed by atoms with Gasteiger partial charge in [0.25, 0.3) is 0 Å². The van der Waals surface area contributed by atoms with E-state index in [4.69, 9.17) is 0 Å². The maximum atomic E-state index is 10.6. The van der Waals surface area contributed by atoms with E-state index in [0.717, 1.165) is 6.42 Å². The molecule has 0 unspecified atom stereocenters. The number of carbonyl (C=O) groups excluding carboxylic acids is 1. The van der Waals surface area contributed by atoms with Crippen LogP contribution >= 0.6 is 22.6 Å². The number of ketones is 1. The number of rotatable bonds is 3. The second-order valence-corrected chi connectivity index (χ2v) is 2.01. The molecule has 0 bridgehead atoms. The number of hydrogen-bond donors (Lipinski definition) is 0. The molecule has 0 aromatic rings. The summed E-state index contributed by atoms with van der Waals surface area (Å²) in [6.45, 7) is 3.49.